The fourth-order valence-electron chi connectivity index (χ4n) is 3.49. The number of esters is 1. The van der Waals surface area contributed by atoms with Crippen molar-refractivity contribution in [2.45, 2.75) is 64.4 Å². The zero-order valence-corrected chi connectivity index (χ0v) is 13.8. The van der Waals surface area contributed by atoms with Crippen LogP contribution < -0.4 is 0 Å². The van der Waals surface area contributed by atoms with Gasteiger partial charge in [-0.25, -0.2) is 4.79 Å². The summed E-state index contributed by atoms with van der Waals surface area (Å²) in [5.41, 5.74) is 1.17. The van der Waals surface area contributed by atoms with Crippen molar-refractivity contribution in [3.05, 3.63) is 35.9 Å². The van der Waals surface area contributed by atoms with E-state index in [0.717, 1.165) is 25.7 Å². The Kier molecular flexibility index (Phi) is 5.38. The van der Waals surface area contributed by atoms with E-state index in [4.69, 9.17) is 4.74 Å². The summed E-state index contributed by atoms with van der Waals surface area (Å²) in [6, 6.07) is 10.4. The number of rotatable bonds is 5. The Morgan fingerprint density at radius 2 is 1.77 bits per heavy atom. The largest absolute Gasteiger partial charge is 0.456 e. The van der Waals surface area contributed by atoms with Crippen molar-refractivity contribution >= 4 is 11.8 Å². The molecule has 0 spiro atoms. The molecule has 1 fully saturated rings. The minimum atomic E-state index is -0.664. The third kappa shape index (κ3) is 3.57. The molecule has 22 heavy (non-hydrogen) atoms. The smallest absolute Gasteiger partial charge is 0.374 e. The monoisotopic (exact) mass is 302 g/mol. The van der Waals surface area contributed by atoms with Gasteiger partial charge in [-0.2, -0.15) is 0 Å². The number of Topliss-reactive ketones (excluding diaryl/α,β-unsaturated/α-hetero) is 1. The van der Waals surface area contributed by atoms with Crippen LogP contribution in [0.3, 0.4) is 0 Å². The molecule has 0 saturated heterocycles. The van der Waals surface area contributed by atoms with E-state index in [2.05, 4.69) is 26.0 Å². The van der Waals surface area contributed by atoms with Gasteiger partial charge in [-0.15, -0.1) is 0 Å². The Hall–Kier alpha value is -1.64. The van der Waals surface area contributed by atoms with E-state index in [1.807, 2.05) is 18.2 Å². The van der Waals surface area contributed by atoms with Crippen molar-refractivity contribution in [1.82, 2.24) is 0 Å². The molecule has 2 atom stereocenters. The first kappa shape index (κ1) is 16.7. The molecule has 1 aromatic carbocycles. The Labute approximate surface area is 133 Å². The Morgan fingerprint density at radius 3 is 2.41 bits per heavy atom. The topological polar surface area (TPSA) is 43.4 Å². The highest BCUT2D eigenvalue weighted by Crippen LogP contribution is 2.42. The average molecular weight is 302 g/mol. The summed E-state index contributed by atoms with van der Waals surface area (Å²) in [6.07, 6.45) is 4.13. The molecule has 0 aliphatic heterocycles. The number of ether oxygens (including phenoxy) is 1. The molecular weight excluding hydrogens is 276 g/mol. The normalized spacial score (nSPS) is 22.1. The minimum Gasteiger partial charge on any atom is -0.456 e. The van der Waals surface area contributed by atoms with Gasteiger partial charge in [0.1, 0.15) is 6.10 Å². The SMILES string of the molecule is CCC(=O)C(=O)O[C@@H]1CCCC[C@H]1C(C)(C)c1ccccc1. The number of carbonyl (C=O) groups excluding carboxylic acids is 2. The molecule has 2 rings (SSSR count). The van der Waals surface area contributed by atoms with Crippen molar-refractivity contribution in [2.24, 2.45) is 5.92 Å². The van der Waals surface area contributed by atoms with Crippen molar-refractivity contribution in [1.29, 1.82) is 0 Å². The summed E-state index contributed by atoms with van der Waals surface area (Å²) < 4.78 is 5.58. The van der Waals surface area contributed by atoms with Crippen LogP contribution in [0, 0.1) is 5.92 Å². The van der Waals surface area contributed by atoms with Crippen molar-refractivity contribution < 1.29 is 14.3 Å². The van der Waals surface area contributed by atoms with E-state index in [9.17, 15) is 9.59 Å². The Bertz CT molecular complexity index is 519. The molecule has 0 N–H and O–H groups in total. The van der Waals surface area contributed by atoms with Crippen LogP contribution in [0.1, 0.15) is 58.4 Å². The maximum Gasteiger partial charge on any atom is 0.374 e. The van der Waals surface area contributed by atoms with E-state index >= 15 is 0 Å². The van der Waals surface area contributed by atoms with Crippen LogP contribution in [0.25, 0.3) is 0 Å². The van der Waals surface area contributed by atoms with Crippen LogP contribution in [-0.4, -0.2) is 17.9 Å². The lowest BCUT2D eigenvalue weighted by Gasteiger charge is -2.42. The second-order valence-corrected chi connectivity index (χ2v) is 6.70. The summed E-state index contributed by atoms with van der Waals surface area (Å²) in [5, 5.41) is 0. The van der Waals surface area contributed by atoms with Crippen LogP contribution >= 0.6 is 0 Å². The van der Waals surface area contributed by atoms with Gasteiger partial charge in [0.2, 0.25) is 5.78 Å². The first-order chi connectivity index (χ1) is 10.5. The zero-order valence-electron chi connectivity index (χ0n) is 13.8. The first-order valence-corrected chi connectivity index (χ1v) is 8.26. The molecule has 120 valence electrons. The lowest BCUT2D eigenvalue weighted by molar-refractivity contribution is -0.162. The third-order valence-electron chi connectivity index (χ3n) is 4.95. The molecule has 0 amide bonds. The standard InChI is InChI=1S/C19H26O3/c1-4-16(20)18(21)22-17-13-9-8-12-15(17)19(2,3)14-10-6-5-7-11-14/h5-7,10-11,15,17H,4,8-9,12-13H2,1-3H3/t15-,17-/m1/s1. The van der Waals surface area contributed by atoms with Gasteiger partial charge < -0.3 is 4.74 Å². The summed E-state index contributed by atoms with van der Waals surface area (Å²) in [5.74, 6) is -0.845. The maximum absolute atomic E-state index is 11.9. The summed E-state index contributed by atoms with van der Waals surface area (Å²) in [6.45, 7) is 6.11. The van der Waals surface area contributed by atoms with Gasteiger partial charge >= 0.3 is 5.97 Å². The van der Waals surface area contributed by atoms with Crippen molar-refractivity contribution in [2.75, 3.05) is 0 Å². The highest BCUT2D eigenvalue weighted by atomic mass is 16.5. The summed E-state index contributed by atoms with van der Waals surface area (Å²) >= 11 is 0. The Balaban J connectivity index is 2.19. The highest BCUT2D eigenvalue weighted by Gasteiger charge is 2.40. The predicted octanol–water partition coefficient (Wildman–Crippen LogP) is 4.05. The number of benzene rings is 1. The van der Waals surface area contributed by atoms with E-state index in [-0.39, 0.29) is 23.9 Å². The molecule has 0 bridgehead atoms. The second-order valence-electron chi connectivity index (χ2n) is 6.70. The molecule has 3 heteroatoms. The lowest BCUT2D eigenvalue weighted by Crippen LogP contribution is -2.42. The quantitative estimate of drug-likeness (QED) is 0.609. The van der Waals surface area contributed by atoms with E-state index in [1.54, 1.807) is 6.92 Å². The van der Waals surface area contributed by atoms with Gasteiger partial charge in [-0.1, -0.05) is 57.5 Å². The van der Waals surface area contributed by atoms with Gasteiger partial charge in [-0.3, -0.25) is 4.79 Å². The zero-order chi connectivity index (χ0) is 16.2. The molecule has 0 heterocycles. The molecular formula is C19H26O3. The summed E-state index contributed by atoms with van der Waals surface area (Å²) in [7, 11) is 0. The molecule has 0 aromatic heterocycles. The number of ketones is 1. The third-order valence-corrected chi connectivity index (χ3v) is 4.95. The number of hydrogen-bond acceptors (Lipinski definition) is 3. The fraction of sp³-hybridized carbons (Fsp3) is 0.579. The molecule has 1 saturated carbocycles. The van der Waals surface area contributed by atoms with Crippen molar-refractivity contribution in [3.8, 4) is 0 Å². The highest BCUT2D eigenvalue weighted by molar-refractivity contribution is 6.33. The van der Waals surface area contributed by atoms with Crippen LogP contribution in [0.5, 0.6) is 0 Å². The Morgan fingerprint density at radius 1 is 1.14 bits per heavy atom. The molecule has 0 unspecified atom stereocenters. The van der Waals surface area contributed by atoms with Crippen LogP contribution in [0.4, 0.5) is 0 Å². The van der Waals surface area contributed by atoms with Gasteiger partial charge in [0.15, 0.2) is 0 Å². The molecule has 0 radical (unpaired) electrons. The molecule has 1 aromatic rings. The summed E-state index contributed by atoms with van der Waals surface area (Å²) in [4.78, 5) is 23.4. The van der Waals surface area contributed by atoms with E-state index < -0.39 is 11.8 Å². The molecule has 1 aliphatic rings. The minimum absolute atomic E-state index is 0.0815. The van der Waals surface area contributed by atoms with E-state index in [1.165, 1.54) is 5.56 Å². The van der Waals surface area contributed by atoms with E-state index in [0.29, 0.717) is 0 Å². The van der Waals surface area contributed by atoms with Crippen molar-refractivity contribution in [3.63, 3.8) is 0 Å². The van der Waals surface area contributed by atoms with Crippen LogP contribution in [0.2, 0.25) is 0 Å². The van der Waals surface area contributed by atoms with Gasteiger partial charge in [0.25, 0.3) is 0 Å². The fourth-order valence-corrected chi connectivity index (χ4v) is 3.49. The number of hydrogen-bond donors (Lipinski definition) is 0. The molecule has 3 nitrogen and oxygen atoms in total. The maximum atomic E-state index is 11.9. The second kappa shape index (κ2) is 7.08. The van der Waals surface area contributed by atoms with Crippen LogP contribution in [0.15, 0.2) is 30.3 Å². The van der Waals surface area contributed by atoms with Gasteiger partial charge in [0.05, 0.1) is 0 Å². The predicted molar refractivity (Wildman–Crippen MR) is 86.6 cm³/mol. The first-order valence-electron chi connectivity index (χ1n) is 8.26. The van der Waals surface area contributed by atoms with Crippen LogP contribution in [-0.2, 0) is 19.7 Å². The van der Waals surface area contributed by atoms with Gasteiger partial charge in [-0.05, 0) is 30.2 Å². The lowest BCUT2D eigenvalue weighted by atomic mass is 9.66. The number of carbonyl (C=O) groups is 2. The average Bonchev–Trinajstić information content (AvgIpc) is 2.55. The van der Waals surface area contributed by atoms with Gasteiger partial charge in [0, 0.05) is 12.3 Å². The molecule has 1 aliphatic carbocycles.